The average Bonchev–Trinajstić information content (AvgIpc) is 2.86. The molecule has 4 rings (SSSR count). The van der Waals surface area contributed by atoms with Crippen molar-refractivity contribution in [2.45, 2.75) is 84.8 Å². The molecule has 1 aliphatic heterocycles. The molecular formula is C22H34O4. The molecule has 4 aliphatic rings. The molecule has 3 saturated carbocycles. The monoisotopic (exact) mass is 362 g/mol. The standard InChI is InChI=1S/C22H34O4/c1-13-6-7-16-20(4)10-9-17(24)19(2,3)15(20)8-11-21(16,5)22(13)12-14(23)18(25)26-22/h12-13,15-17,23-24H,6-11H2,1-5H3/t13?,15?,16?,17-,20-,21+,22-/m0/s1. The van der Waals surface area contributed by atoms with E-state index in [-0.39, 0.29) is 34.0 Å². The van der Waals surface area contributed by atoms with E-state index in [4.69, 9.17) is 4.74 Å². The fourth-order valence-corrected chi connectivity index (χ4v) is 7.87. The molecule has 0 radical (unpaired) electrons. The number of esters is 1. The van der Waals surface area contributed by atoms with Crippen LogP contribution in [0.4, 0.5) is 0 Å². The molecule has 0 bridgehead atoms. The molecular weight excluding hydrogens is 328 g/mol. The van der Waals surface area contributed by atoms with Crippen LogP contribution in [-0.4, -0.2) is 27.9 Å². The predicted octanol–water partition coefficient (Wildman–Crippen LogP) is 4.37. The predicted molar refractivity (Wildman–Crippen MR) is 99.4 cm³/mol. The Kier molecular flexibility index (Phi) is 3.72. The number of rotatable bonds is 0. The van der Waals surface area contributed by atoms with Gasteiger partial charge >= 0.3 is 5.97 Å². The molecule has 3 aliphatic carbocycles. The molecule has 3 unspecified atom stereocenters. The van der Waals surface area contributed by atoms with Crippen LogP contribution in [0.25, 0.3) is 0 Å². The number of aliphatic hydroxyl groups excluding tert-OH is 2. The Hall–Kier alpha value is -1.03. The summed E-state index contributed by atoms with van der Waals surface area (Å²) in [4.78, 5) is 12.1. The molecule has 26 heavy (non-hydrogen) atoms. The van der Waals surface area contributed by atoms with E-state index in [1.165, 1.54) is 0 Å². The maximum atomic E-state index is 12.1. The number of carbonyl (C=O) groups is 1. The number of hydrogen-bond donors (Lipinski definition) is 2. The van der Waals surface area contributed by atoms with Gasteiger partial charge in [-0.05, 0) is 61.2 Å². The van der Waals surface area contributed by atoms with Crippen molar-refractivity contribution in [2.24, 2.45) is 34.0 Å². The van der Waals surface area contributed by atoms with Gasteiger partial charge in [-0.3, -0.25) is 0 Å². The zero-order valence-electron chi connectivity index (χ0n) is 16.8. The summed E-state index contributed by atoms with van der Waals surface area (Å²) in [6.45, 7) is 11.3. The molecule has 146 valence electrons. The van der Waals surface area contributed by atoms with Crippen molar-refractivity contribution < 1.29 is 19.7 Å². The van der Waals surface area contributed by atoms with Gasteiger partial charge in [-0.25, -0.2) is 4.79 Å². The minimum Gasteiger partial charge on any atom is -0.502 e. The summed E-state index contributed by atoms with van der Waals surface area (Å²) >= 11 is 0. The van der Waals surface area contributed by atoms with Crippen molar-refractivity contribution in [3.63, 3.8) is 0 Å². The Labute approximate surface area is 157 Å². The third-order valence-electron chi connectivity index (χ3n) is 9.36. The van der Waals surface area contributed by atoms with Crippen LogP contribution < -0.4 is 0 Å². The van der Waals surface area contributed by atoms with Gasteiger partial charge in [-0.2, -0.15) is 0 Å². The SMILES string of the molecule is CC1CCC2[C@@]3(C)CC[C@H](O)C(C)(C)C3CC[C@@]2(C)[C@]12C=C(O)C(=O)O2. The lowest BCUT2D eigenvalue weighted by atomic mass is 9.37. The number of hydrogen-bond acceptors (Lipinski definition) is 4. The first-order chi connectivity index (χ1) is 12.0. The highest BCUT2D eigenvalue weighted by Crippen LogP contribution is 2.71. The quantitative estimate of drug-likeness (QED) is 0.628. The minimum atomic E-state index is -0.689. The van der Waals surface area contributed by atoms with Crippen molar-refractivity contribution in [1.29, 1.82) is 0 Å². The second kappa shape index (κ2) is 5.27. The number of ether oxygens (including phenoxy) is 1. The average molecular weight is 363 g/mol. The zero-order valence-corrected chi connectivity index (χ0v) is 16.8. The number of aliphatic hydroxyl groups is 2. The van der Waals surface area contributed by atoms with Crippen molar-refractivity contribution in [2.75, 3.05) is 0 Å². The lowest BCUT2D eigenvalue weighted by Gasteiger charge is -2.68. The lowest BCUT2D eigenvalue weighted by Crippen LogP contribution is -2.67. The largest absolute Gasteiger partial charge is 0.502 e. The molecule has 0 saturated heterocycles. The molecule has 3 fully saturated rings. The molecule has 4 nitrogen and oxygen atoms in total. The van der Waals surface area contributed by atoms with E-state index >= 15 is 0 Å². The summed E-state index contributed by atoms with van der Waals surface area (Å²) in [5, 5.41) is 20.8. The third-order valence-corrected chi connectivity index (χ3v) is 9.36. The van der Waals surface area contributed by atoms with Crippen LogP contribution in [0.2, 0.25) is 0 Å². The molecule has 1 spiro atoms. The molecule has 4 heteroatoms. The normalized spacial score (nSPS) is 52.8. The second-order valence-electron chi connectivity index (χ2n) is 10.6. The molecule has 0 aromatic carbocycles. The Bertz CT molecular complexity index is 667. The highest BCUT2D eigenvalue weighted by Gasteiger charge is 2.69. The second-order valence-corrected chi connectivity index (χ2v) is 10.6. The summed E-state index contributed by atoms with van der Waals surface area (Å²) in [5.74, 6) is 0.319. The molecule has 0 aromatic heterocycles. The Morgan fingerprint density at radius 3 is 2.35 bits per heavy atom. The Balaban J connectivity index is 1.81. The summed E-state index contributed by atoms with van der Waals surface area (Å²) in [5.41, 5.74) is -0.823. The number of carbonyl (C=O) groups excluding carboxylic acids is 1. The summed E-state index contributed by atoms with van der Waals surface area (Å²) in [6, 6.07) is 0. The van der Waals surface area contributed by atoms with Crippen molar-refractivity contribution in [3.05, 3.63) is 11.8 Å². The maximum absolute atomic E-state index is 12.1. The Morgan fingerprint density at radius 2 is 1.73 bits per heavy atom. The highest BCUT2D eigenvalue weighted by atomic mass is 16.6. The first-order valence-electron chi connectivity index (χ1n) is 10.3. The van der Waals surface area contributed by atoms with Crippen LogP contribution in [0.5, 0.6) is 0 Å². The summed E-state index contributed by atoms with van der Waals surface area (Å²) < 4.78 is 5.95. The fourth-order valence-electron chi connectivity index (χ4n) is 7.87. The molecule has 2 N–H and O–H groups in total. The van der Waals surface area contributed by atoms with E-state index in [2.05, 4.69) is 34.6 Å². The van der Waals surface area contributed by atoms with Gasteiger partial charge in [0.2, 0.25) is 5.76 Å². The first kappa shape index (κ1) is 18.3. The van der Waals surface area contributed by atoms with Gasteiger partial charge in [0, 0.05) is 17.4 Å². The summed E-state index contributed by atoms with van der Waals surface area (Å²) in [7, 11) is 0. The van der Waals surface area contributed by atoms with E-state index in [9.17, 15) is 15.0 Å². The van der Waals surface area contributed by atoms with Gasteiger partial charge in [-0.1, -0.05) is 34.6 Å². The zero-order chi connectivity index (χ0) is 19.1. The third kappa shape index (κ3) is 1.97. The van der Waals surface area contributed by atoms with E-state index < -0.39 is 11.6 Å². The van der Waals surface area contributed by atoms with Gasteiger partial charge in [0.15, 0.2) is 0 Å². The van der Waals surface area contributed by atoms with Crippen LogP contribution in [-0.2, 0) is 9.53 Å². The van der Waals surface area contributed by atoms with Gasteiger partial charge in [0.25, 0.3) is 0 Å². The number of fused-ring (bicyclic) bond motifs is 4. The smallest absolute Gasteiger partial charge is 0.374 e. The van der Waals surface area contributed by atoms with Crippen molar-refractivity contribution in [3.8, 4) is 0 Å². The van der Waals surface area contributed by atoms with E-state index in [0.29, 0.717) is 11.8 Å². The van der Waals surface area contributed by atoms with Crippen LogP contribution in [0.1, 0.15) is 73.1 Å². The lowest BCUT2D eigenvalue weighted by molar-refractivity contribution is -0.241. The molecule has 7 atom stereocenters. The van der Waals surface area contributed by atoms with E-state index in [0.717, 1.165) is 38.5 Å². The first-order valence-corrected chi connectivity index (χ1v) is 10.3. The highest BCUT2D eigenvalue weighted by molar-refractivity contribution is 5.89. The van der Waals surface area contributed by atoms with Crippen LogP contribution in [0, 0.1) is 34.0 Å². The van der Waals surface area contributed by atoms with Gasteiger partial charge in [0.05, 0.1) is 6.10 Å². The fraction of sp³-hybridized carbons (Fsp3) is 0.864. The molecule has 0 amide bonds. The topological polar surface area (TPSA) is 66.8 Å². The van der Waals surface area contributed by atoms with E-state index in [1.54, 1.807) is 6.08 Å². The van der Waals surface area contributed by atoms with E-state index in [1.807, 2.05) is 0 Å². The van der Waals surface area contributed by atoms with Crippen molar-refractivity contribution in [1.82, 2.24) is 0 Å². The van der Waals surface area contributed by atoms with Crippen LogP contribution in [0.15, 0.2) is 11.8 Å². The maximum Gasteiger partial charge on any atom is 0.374 e. The van der Waals surface area contributed by atoms with Crippen LogP contribution >= 0.6 is 0 Å². The minimum absolute atomic E-state index is 0.0884. The summed E-state index contributed by atoms with van der Waals surface area (Å²) in [6.07, 6.45) is 7.50. The molecule has 1 heterocycles. The molecule has 0 aromatic rings. The van der Waals surface area contributed by atoms with Gasteiger partial charge < -0.3 is 14.9 Å². The van der Waals surface area contributed by atoms with Gasteiger partial charge in [0.1, 0.15) is 5.60 Å². The van der Waals surface area contributed by atoms with Gasteiger partial charge in [-0.15, -0.1) is 0 Å². The Morgan fingerprint density at radius 1 is 1.04 bits per heavy atom. The van der Waals surface area contributed by atoms with Crippen LogP contribution in [0.3, 0.4) is 0 Å². The van der Waals surface area contributed by atoms with Crippen molar-refractivity contribution >= 4 is 5.97 Å².